The van der Waals surface area contributed by atoms with Crippen LogP contribution >= 0.6 is 0 Å². The van der Waals surface area contributed by atoms with Gasteiger partial charge in [-0.25, -0.2) is 4.79 Å². The first-order valence-electron chi connectivity index (χ1n) is 8.33. The van der Waals surface area contributed by atoms with E-state index < -0.39 is 23.8 Å². The third kappa shape index (κ3) is 2.57. The Labute approximate surface area is 144 Å². The second kappa shape index (κ2) is 5.65. The number of carbonyl (C=O) groups is 3. The topological polar surface area (TPSA) is 97.0 Å². The number of urea groups is 1. The quantitative estimate of drug-likeness (QED) is 0.719. The average molecular weight is 345 g/mol. The fourth-order valence-electron chi connectivity index (χ4n) is 3.56. The zero-order chi connectivity index (χ0) is 17.6. The van der Waals surface area contributed by atoms with Crippen molar-refractivity contribution in [3.8, 4) is 11.5 Å². The summed E-state index contributed by atoms with van der Waals surface area (Å²) in [5.74, 6) is 0.697. The molecule has 0 aliphatic carbocycles. The number of hydrogen-bond donors (Lipinski definition) is 2. The van der Waals surface area contributed by atoms with Gasteiger partial charge in [-0.2, -0.15) is 0 Å². The molecule has 4 amide bonds. The molecule has 2 fully saturated rings. The number of para-hydroxylation sites is 2. The monoisotopic (exact) mass is 345 g/mol. The number of ether oxygens (including phenoxy) is 2. The Morgan fingerprint density at radius 1 is 1.16 bits per heavy atom. The maximum absolute atomic E-state index is 12.9. The maximum Gasteiger partial charge on any atom is 0.322 e. The van der Waals surface area contributed by atoms with Crippen LogP contribution in [0.1, 0.15) is 19.8 Å². The minimum absolute atomic E-state index is 0.165. The van der Waals surface area contributed by atoms with E-state index in [0.717, 1.165) is 0 Å². The number of nitrogens with zero attached hydrogens (tertiary/aromatic N) is 1. The first-order valence-corrected chi connectivity index (χ1v) is 8.33. The Morgan fingerprint density at radius 3 is 2.40 bits per heavy atom. The van der Waals surface area contributed by atoms with Gasteiger partial charge in [-0.3, -0.25) is 14.9 Å². The Bertz CT molecular complexity index is 742. The lowest BCUT2D eigenvalue weighted by molar-refractivity contribution is -0.147. The summed E-state index contributed by atoms with van der Waals surface area (Å²) in [4.78, 5) is 37.9. The summed E-state index contributed by atoms with van der Waals surface area (Å²) in [7, 11) is 0. The number of piperidine rings is 1. The summed E-state index contributed by atoms with van der Waals surface area (Å²) < 4.78 is 11.6. The molecule has 132 valence electrons. The van der Waals surface area contributed by atoms with E-state index in [1.54, 1.807) is 24.0 Å². The molecule has 2 saturated heterocycles. The van der Waals surface area contributed by atoms with Crippen LogP contribution in [0.2, 0.25) is 0 Å². The van der Waals surface area contributed by atoms with Crippen molar-refractivity contribution in [1.29, 1.82) is 0 Å². The fraction of sp³-hybridized carbons (Fsp3) is 0.471. The second-order valence-electron chi connectivity index (χ2n) is 6.62. The van der Waals surface area contributed by atoms with E-state index in [4.69, 9.17) is 9.47 Å². The molecule has 0 aromatic heterocycles. The van der Waals surface area contributed by atoms with Crippen LogP contribution in [0.25, 0.3) is 0 Å². The number of amides is 4. The fourth-order valence-corrected chi connectivity index (χ4v) is 3.56. The molecular weight excluding hydrogens is 326 g/mol. The van der Waals surface area contributed by atoms with Gasteiger partial charge < -0.3 is 19.7 Å². The van der Waals surface area contributed by atoms with Crippen molar-refractivity contribution < 1.29 is 23.9 Å². The molecule has 1 aromatic rings. The first kappa shape index (κ1) is 15.7. The van der Waals surface area contributed by atoms with Crippen LogP contribution in [-0.4, -0.2) is 53.6 Å². The van der Waals surface area contributed by atoms with Gasteiger partial charge in [-0.1, -0.05) is 12.1 Å². The minimum atomic E-state index is -0.893. The highest BCUT2D eigenvalue weighted by Crippen LogP contribution is 2.34. The van der Waals surface area contributed by atoms with E-state index in [1.165, 1.54) is 0 Å². The van der Waals surface area contributed by atoms with E-state index in [-0.39, 0.29) is 11.8 Å². The molecule has 1 aromatic carbocycles. The van der Waals surface area contributed by atoms with E-state index >= 15 is 0 Å². The Hall–Kier alpha value is -2.77. The summed E-state index contributed by atoms with van der Waals surface area (Å²) in [5, 5.41) is 4.95. The molecule has 0 saturated carbocycles. The number of hydrogen-bond acceptors (Lipinski definition) is 5. The lowest BCUT2D eigenvalue weighted by atomic mass is 9.87. The number of carbonyl (C=O) groups excluding carboxylic acids is 3. The van der Waals surface area contributed by atoms with E-state index in [1.807, 2.05) is 12.1 Å². The van der Waals surface area contributed by atoms with E-state index in [0.29, 0.717) is 37.4 Å². The van der Waals surface area contributed by atoms with Gasteiger partial charge in [0.05, 0.1) is 0 Å². The van der Waals surface area contributed by atoms with Crippen LogP contribution in [0.15, 0.2) is 24.3 Å². The molecule has 2 atom stereocenters. The average Bonchev–Trinajstić information content (AvgIpc) is 2.87. The summed E-state index contributed by atoms with van der Waals surface area (Å²) in [6.45, 7) is 2.55. The van der Waals surface area contributed by atoms with Crippen molar-refractivity contribution in [2.75, 3.05) is 13.1 Å². The third-order valence-corrected chi connectivity index (χ3v) is 5.03. The smallest absolute Gasteiger partial charge is 0.322 e. The number of fused-ring (bicyclic) bond motifs is 1. The summed E-state index contributed by atoms with van der Waals surface area (Å²) in [5.41, 5.74) is -0.893. The van der Waals surface area contributed by atoms with Crippen molar-refractivity contribution >= 4 is 17.8 Å². The van der Waals surface area contributed by atoms with E-state index in [9.17, 15) is 14.4 Å². The number of nitrogens with one attached hydrogen (secondary N) is 2. The van der Waals surface area contributed by atoms with Crippen molar-refractivity contribution in [1.82, 2.24) is 15.5 Å². The van der Waals surface area contributed by atoms with Gasteiger partial charge in [0.25, 0.3) is 11.8 Å². The summed E-state index contributed by atoms with van der Waals surface area (Å²) in [6.07, 6.45) is -0.368. The molecule has 8 heteroatoms. The third-order valence-electron chi connectivity index (χ3n) is 5.03. The van der Waals surface area contributed by atoms with Gasteiger partial charge in [-0.05, 0) is 31.9 Å². The van der Waals surface area contributed by atoms with Gasteiger partial charge >= 0.3 is 6.03 Å². The Morgan fingerprint density at radius 2 is 1.80 bits per heavy atom. The van der Waals surface area contributed by atoms with Gasteiger partial charge in [0.2, 0.25) is 6.10 Å². The van der Waals surface area contributed by atoms with Gasteiger partial charge in [-0.15, -0.1) is 0 Å². The maximum atomic E-state index is 12.9. The molecule has 0 bridgehead atoms. The van der Waals surface area contributed by atoms with Gasteiger partial charge in [0, 0.05) is 13.1 Å². The predicted octanol–water partition coefficient (Wildman–Crippen LogP) is 0.416. The largest absolute Gasteiger partial charge is 0.482 e. The zero-order valence-corrected chi connectivity index (χ0v) is 13.8. The van der Waals surface area contributed by atoms with Crippen molar-refractivity contribution in [2.24, 2.45) is 0 Å². The first-order chi connectivity index (χ1) is 12.0. The molecule has 3 heterocycles. The van der Waals surface area contributed by atoms with Crippen molar-refractivity contribution in [2.45, 2.75) is 37.5 Å². The highest BCUT2D eigenvalue weighted by atomic mass is 16.6. The molecule has 8 nitrogen and oxygen atoms in total. The molecule has 3 aliphatic rings. The predicted molar refractivity (Wildman–Crippen MR) is 86.2 cm³/mol. The van der Waals surface area contributed by atoms with Crippen LogP contribution < -0.4 is 20.1 Å². The van der Waals surface area contributed by atoms with Gasteiger partial charge in [0.1, 0.15) is 11.6 Å². The lowest BCUT2D eigenvalue weighted by Crippen LogP contribution is -2.59. The van der Waals surface area contributed by atoms with Gasteiger partial charge in [0.15, 0.2) is 11.5 Å². The highest BCUT2D eigenvalue weighted by Gasteiger charge is 2.49. The molecule has 4 rings (SSSR count). The molecule has 0 radical (unpaired) electrons. The van der Waals surface area contributed by atoms with Crippen molar-refractivity contribution in [3.05, 3.63) is 24.3 Å². The number of imide groups is 1. The molecule has 0 unspecified atom stereocenters. The number of rotatable bonds is 1. The van der Waals surface area contributed by atoms with Crippen LogP contribution in [0, 0.1) is 0 Å². The van der Waals surface area contributed by atoms with Crippen molar-refractivity contribution in [3.63, 3.8) is 0 Å². The highest BCUT2D eigenvalue weighted by molar-refractivity contribution is 6.07. The second-order valence-corrected chi connectivity index (χ2v) is 6.62. The SMILES string of the molecule is C[C@H]1Oc2ccccc2O[C@H]1C(=O)N1CCC2(CC1)NC(=O)NC2=O. The Kier molecular flexibility index (Phi) is 3.55. The summed E-state index contributed by atoms with van der Waals surface area (Å²) >= 11 is 0. The number of likely N-dealkylation sites (tertiary alicyclic amines) is 1. The number of benzene rings is 1. The minimum Gasteiger partial charge on any atom is -0.482 e. The molecule has 3 aliphatic heterocycles. The summed E-state index contributed by atoms with van der Waals surface area (Å²) in [6, 6.07) is 6.77. The van der Waals surface area contributed by atoms with Crippen LogP contribution in [-0.2, 0) is 9.59 Å². The molecule has 1 spiro atoms. The van der Waals surface area contributed by atoms with E-state index in [2.05, 4.69) is 10.6 Å². The van der Waals surface area contributed by atoms with Crippen LogP contribution in [0.4, 0.5) is 4.79 Å². The molecule has 2 N–H and O–H groups in total. The molecular formula is C17H19N3O5. The Balaban J connectivity index is 1.44. The zero-order valence-electron chi connectivity index (χ0n) is 13.8. The lowest BCUT2D eigenvalue weighted by Gasteiger charge is -2.40. The normalized spacial score (nSPS) is 27.0. The molecule has 25 heavy (non-hydrogen) atoms. The van der Waals surface area contributed by atoms with Crippen LogP contribution in [0.5, 0.6) is 11.5 Å². The van der Waals surface area contributed by atoms with Crippen LogP contribution in [0.3, 0.4) is 0 Å². The standard InChI is InChI=1S/C17H19N3O5/c1-10-13(25-12-5-3-2-4-11(12)24-10)14(21)20-8-6-17(7-9-20)15(22)18-16(23)19-17/h2-5,10,13H,6-9H2,1H3,(H2,18,19,22,23)/t10-,13-/m1/s1.